The second-order valence-corrected chi connectivity index (χ2v) is 5.57. The first-order chi connectivity index (χ1) is 11.0. The number of amides is 2. The summed E-state index contributed by atoms with van der Waals surface area (Å²) < 4.78 is 12.9. The van der Waals surface area contributed by atoms with Gasteiger partial charge in [-0.15, -0.1) is 0 Å². The van der Waals surface area contributed by atoms with Crippen molar-refractivity contribution in [1.29, 1.82) is 0 Å². The number of anilines is 1. The van der Waals surface area contributed by atoms with Crippen molar-refractivity contribution in [3.8, 4) is 0 Å². The number of nitrogens with zero attached hydrogens (tertiary/aromatic N) is 2. The molecular weight excluding hydrogens is 299 g/mol. The molecule has 1 aromatic rings. The largest absolute Gasteiger partial charge is 0.374 e. The minimum Gasteiger partial charge on any atom is -0.374 e. The number of halogens is 1. The molecule has 1 heterocycles. The number of rotatable bonds is 5. The van der Waals surface area contributed by atoms with E-state index < -0.39 is 6.04 Å². The Labute approximate surface area is 135 Å². The summed E-state index contributed by atoms with van der Waals surface area (Å²) in [6, 6.07) is 5.69. The SMILES string of the molecule is CNC(=O)[C@H]1CNCCN1C(=O)CCN(C)c1ccc(F)cc1. The van der Waals surface area contributed by atoms with E-state index in [1.54, 1.807) is 24.1 Å². The molecule has 0 radical (unpaired) electrons. The molecule has 126 valence electrons. The van der Waals surface area contributed by atoms with Crippen LogP contribution in [0.1, 0.15) is 6.42 Å². The zero-order chi connectivity index (χ0) is 16.8. The molecule has 23 heavy (non-hydrogen) atoms. The molecule has 2 N–H and O–H groups in total. The number of benzene rings is 1. The van der Waals surface area contributed by atoms with E-state index in [1.165, 1.54) is 12.1 Å². The maximum Gasteiger partial charge on any atom is 0.243 e. The highest BCUT2D eigenvalue weighted by Crippen LogP contribution is 2.14. The highest BCUT2D eigenvalue weighted by molar-refractivity contribution is 5.88. The Bertz CT molecular complexity index is 550. The molecule has 1 aliphatic rings. The third-order valence-electron chi connectivity index (χ3n) is 4.04. The summed E-state index contributed by atoms with van der Waals surface area (Å²) in [4.78, 5) is 27.9. The lowest BCUT2D eigenvalue weighted by atomic mass is 10.1. The van der Waals surface area contributed by atoms with Crippen LogP contribution in [0.5, 0.6) is 0 Å². The van der Waals surface area contributed by atoms with Gasteiger partial charge in [-0.25, -0.2) is 4.39 Å². The summed E-state index contributed by atoms with van der Waals surface area (Å²) >= 11 is 0. The predicted molar refractivity (Wildman–Crippen MR) is 86.7 cm³/mol. The van der Waals surface area contributed by atoms with Crippen LogP contribution in [0.15, 0.2) is 24.3 Å². The Kier molecular flexibility index (Phi) is 5.92. The standard InChI is InChI=1S/C16H23FN4O2/c1-18-16(23)14-11-19-8-10-21(14)15(22)7-9-20(2)13-5-3-12(17)4-6-13/h3-6,14,19H,7-11H2,1-2H3,(H,18,23)/t14-/m1/s1. The molecule has 0 bridgehead atoms. The van der Waals surface area contributed by atoms with Crippen molar-refractivity contribution in [2.45, 2.75) is 12.5 Å². The van der Waals surface area contributed by atoms with E-state index in [-0.39, 0.29) is 17.6 Å². The van der Waals surface area contributed by atoms with Crippen LogP contribution < -0.4 is 15.5 Å². The molecule has 0 saturated carbocycles. The Morgan fingerprint density at radius 3 is 2.74 bits per heavy atom. The normalized spacial score (nSPS) is 17.7. The molecule has 1 saturated heterocycles. The van der Waals surface area contributed by atoms with E-state index in [9.17, 15) is 14.0 Å². The Morgan fingerprint density at radius 1 is 1.39 bits per heavy atom. The van der Waals surface area contributed by atoms with Crippen LogP contribution in [0.4, 0.5) is 10.1 Å². The van der Waals surface area contributed by atoms with Gasteiger partial charge in [-0.1, -0.05) is 0 Å². The molecule has 1 aliphatic heterocycles. The van der Waals surface area contributed by atoms with Crippen LogP contribution >= 0.6 is 0 Å². The van der Waals surface area contributed by atoms with Crippen molar-refractivity contribution in [3.05, 3.63) is 30.1 Å². The van der Waals surface area contributed by atoms with Crippen LogP contribution in [0, 0.1) is 5.82 Å². The molecule has 1 fully saturated rings. The minimum atomic E-state index is -0.461. The molecule has 0 spiro atoms. The van der Waals surface area contributed by atoms with E-state index in [1.807, 2.05) is 11.9 Å². The summed E-state index contributed by atoms with van der Waals surface area (Å²) in [5.74, 6) is -0.487. The fraction of sp³-hybridized carbons (Fsp3) is 0.500. The summed E-state index contributed by atoms with van der Waals surface area (Å²) in [6.07, 6.45) is 0.307. The predicted octanol–water partition coefficient (Wildman–Crippen LogP) is 0.198. The quantitative estimate of drug-likeness (QED) is 0.813. The Morgan fingerprint density at radius 2 is 2.09 bits per heavy atom. The van der Waals surface area contributed by atoms with E-state index in [2.05, 4.69) is 10.6 Å². The van der Waals surface area contributed by atoms with Gasteiger partial charge in [0.15, 0.2) is 0 Å². The maximum atomic E-state index is 12.9. The van der Waals surface area contributed by atoms with Gasteiger partial charge in [0.1, 0.15) is 11.9 Å². The summed E-state index contributed by atoms with van der Waals surface area (Å²) in [5.41, 5.74) is 0.849. The average molecular weight is 322 g/mol. The van der Waals surface area contributed by atoms with Gasteiger partial charge in [0.2, 0.25) is 11.8 Å². The van der Waals surface area contributed by atoms with Crippen LogP contribution in [0.3, 0.4) is 0 Å². The zero-order valence-electron chi connectivity index (χ0n) is 13.5. The first-order valence-electron chi connectivity index (χ1n) is 7.71. The number of hydrogen-bond donors (Lipinski definition) is 2. The molecule has 0 aromatic heterocycles. The number of likely N-dealkylation sites (N-methyl/N-ethyl adjacent to an activating group) is 1. The third kappa shape index (κ3) is 4.41. The molecule has 7 heteroatoms. The van der Waals surface area contributed by atoms with Crippen LogP contribution in [0.25, 0.3) is 0 Å². The van der Waals surface area contributed by atoms with E-state index >= 15 is 0 Å². The molecule has 6 nitrogen and oxygen atoms in total. The van der Waals surface area contributed by atoms with Crippen LogP contribution in [-0.2, 0) is 9.59 Å². The van der Waals surface area contributed by atoms with Gasteiger partial charge in [-0.3, -0.25) is 9.59 Å². The lowest BCUT2D eigenvalue weighted by molar-refractivity contribution is -0.141. The van der Waals surface area contributed by atoms with Crippen molar-refractivity contribution in [3.63, 3.8) is 0 Å². The summed E-state index contributed by atoms with van der Waals surface area (Å²) in [7, 11) is 3.43. The molecule has 0 aliphatic carbocycles. The lowest BCUT2D eigenvalue weighted by Crippen LogP contribution is -2.59. The topological polar surface area (TPSA) is 64.7 Å². The zero-order valence-corrected chi connectivity index (χ0v) is 13.5. The number of hydrogen-bond acceptors (Lipinski definition) is 4. The molecule has 1 atom stereocenters. The molecule has 2 amide bonds. The maximum absolute atomic E-state index is 12.9. The first-order valence-corrected chi connectivity index (χ1v) is 7.71. The fourth-order valence-corrected chi connectivity index (χ4v) is 2.64. The van der Waals surface area contributed by atoms with Crippen LogP contribution in [0.2, 0.25) is 0 Å². The van der Waals surface area contributed by atoms with Gasteiger partial charge in [0.25, 0.3) is 0 Å². The monoisotopic (exact) mass is 322 g/mol. The van der Waals surface area contributed by atoms with Gasteiger partial charge in [-0.05, 0) is 24.3 Å². The molecular formula is C16H23FN4O2. The smallest absolute Gasteiger partial charge is 0.243 e. The van der Waals surface area contributed by atoms with Crippen LogP contribution in [-0.4, -0.2) is 63.0 Å². The number of carbonyl (C=O) groups is 2. The van der Waals surface area contributed by atoms with Crippen molar-refractivity contribution >= 4 is 17.5 Å². The summed E-state index contributed by atoms with van der Waals surface area (Å²) in [5, 5.41) is 5.73. The Balaban J connectivity index is 1.92. The van der Waals surface area contributed by atoms with Gasteiger partial charge < -0.3 is 20.4 Å². The van der Waals surface area contributed by atoms with Gasteiger partial charge >= 0.3 is 0 Å². The fourth-order valence-electron chi connectivity index (χ4n) is 2.64. The van der Waals surface area contributed by atoms with Gasteiger partial charge in [0, 0.05) is 52.4 Å². The van der Waals surface area contributed by atoms with Crippen molar-refractivity contribution in [2.24, 2.45) is 0 Å². The summed E-state index contributed by atoms with van der Waals surface area (Å²) in [6.45, 7) is 2.19. The van der Waals surface area contributed by atoms with Crippen molar-refractivity contribution < 1.29 is 14.0 Å². The second kappa shape index (κ2) is 7.92. The number of carbonyl (C=O) groups excluding carboxylic acids is 2. The molecule has 0 unspecified atom stereocenters. The third-order valence-corrected chi connectivity index (χ3v) is 4.04. The van der Waals surface area contributed by atoms with E-state index in [0.717, 1.165) is 5.69 Å². The average Bonchev–Trinajstić information content (AvgIpc) is 2.59. The van der Waals surface area contributed by atoms with E-state index in [0.29, 0.717) is 32.6 Å². The number of piperazine rings is 1. The van der Waals surface area contributed by atoms with Gasteiger partial charge in [-0.2, -0.15) is 0 Å². The number of nitrogens with one attached hydrogen (secondary N) is 2. The highest BCUT2D eigenvalue weighted by Gasteiger charge is 2.31. The van der Waals surface area contributed by atoms with Crippen molar-refractivity contribution in [1.82, 2.24) is 15.5 Å². The van der Waals surface area contributed by atoms with E-state index in [4.69, 9.17) is 0 Å². The van der Waals surface area contributed by atoms with Gasteiger partial charge in [0.05, 0.1) is 0 Å². The Hall–Kier alpha value is -2.15. The van der Waals surface area contributed by atoms with Crippen molar-refractivity contribution in [2.75, 3.05) is 45.2 Å². The second-order valence-electron chi connectivity index (χ2n) is 5.57. The molecule has 1 aromatic carbocycles. The first kappa shape index (κ1) is 17.2. The molecule has 2 rings (SSSR count). The lowest BCUT2D eigenvalue weighted by Gasteiger charge is -2.35. The highest BCUT2D eigenvalue weighted by atomic mass is 19.1. The minimum absolute atomic E-state index is 0.0472.